The lowest BCUT2D eigenvalue weighted by Gasteiger charge is -2.31. The van der Waals surface area contributed by atoms with Gasteiger partial charge in [0.05, 0.1) is 12.3 Å². The number of amides is 2. The molecule has 2 aromatic carbocycles. The second kappa shape index (κ2) is 6.58. The minimum absolute atomic E-state index is 0.0475. The first kappa shape index (κ1) is 17.6. The molecule has 0 aromatic heterocycles. The molecule has 0 spiro atoms. The Bertz CT molecular complexity index is 842. The molecular formula is C20H24N2O3. The number of carbonyl (C=O) groups is 2. The second-order valence-corrected chi connectivity index (χ2v) is 7.56. The molecule has 1 N–H and O–H groups in total. The Labute approximate surface area is 148 Å². The average Bonchev–Trinajstić information content (AvgIpc) is 2.52. The Balaban J connectivity index is 2.03. The topological polar surface area (TPSA) is 58.6 Å². The van der Waals surface area contributed by atoms with E-state index in [1.807, 2.05) is 31.3 Å². The third-order valence-electron chi connectivity index (χ3n) is 4.55. The van der Waals surface area contributed by atoms with Crippen molar-refractivity contribution in [2.24, 2.45) is 5.41 Å². The smallest absolute Gasteiger partial charge is 0.259 e. The molecule has 1 aliphatic rings. The number of hydrogen-bond acceptors (Lipinski definition) is 4. The number of imide groups is 1. The number of ether oxygens (including phenoxy) is 1. The van der Waals surface area contributed by atoms with Gasteiger partial charge in [0.1, 0.15) is 0 Å². The van der Waals surface area contributed by atoms with E-state index in [2.05, 4.69) is 24.1 Å². The van der Waals surface area contributed by atoms with Crippen molar-refractivity contribution in [2.75, 3.05) is 27.4 Å². The van der Waals surface area contributed by atoms with Gasteiger partial charge in [-0.05, 0) is 35.9 Å². The maximum Gasteiger partial charge on any atom is 0.259 e. The van der Waals surface area contributed by atoms with Crippen LogP contribution in [0.2, 0.25) is 0 Å². The number of rotatable bonds is 6. The summed E-state index contributed by atoms with van der Waals surface area (Å²) in [5.74, 6) is -0.621. The molecule has 0 radical (unpaired) electrons. The molecule has 25 heavy (non-hydrogen) atoms. The van der Waals surface area contributed by atoms with E-state index in [0.29, 0.717) is 17.9 Å². The molecule has 0 unspecified atom stereocenters. The van der Waals surface area contributed by atoms with Crippen LogP contribution < -0.4 is 5.32 Å². The zero-order valence-corrected chi connectivity index (χ0v) is 15.2. The summed E-state index contributed by atoms with van der Waals surface area (Å²) in [6.07, 6.45) is 0.738. The van der Waals surface area contributed by atoms with Crippen molar-refractivity contribution < 1.29 is 14.3 Å². The minimum Gasteiger partial charge on any atom is -0.369 e. The molecule has 5 heteroatoms. The highest BCUT2D eigenvalue weighted by Gasteiger charge is 2.30. The number of methoxy groups -OCH3 is 1. The van der Waals surface area contributed by atoms with Crippen molar-refractivity contribution in [1.29, 1.82) is 0 Å². The Kier molecular flexibility index (Phi) is 4.62. The summed E-state index contributed by atoms with van der Waals surface area (Å²) in [5.41, 5.74) is 2.13. The van der Waals surface area contributed by atoms with Crippen molar-refractivity contribution in [3.63, 3.8) is 0 Å². The molecule has 0 bridgehead atoms. The van der Waals surface area contributed by atoms with E-state index in [-0.39, 0.29) is 17.2 Å². The van der Waals surface area contributed by atoms with E-state index in [0.717, 1.165) is 29.3 Å². The fourth-order valence-corrected chi connectivity index (χ4v) is 3.82. The van der Waals surface area contributed by atoms with Gasteiger partial charge in [-0.2, -0.15) is 0 Å². The SMILES string of the molecule is COCN(C)CC(C)(C)Cc1ccc2cccc3c2c1C(=O)NC3=O. The first-order chi connectivity index (χ1) is 11.8. The van der Waals surface area contributed by atoms with Crippen molar-refractivity contribution in [3.8, 4) is 0 Å². The first-order valence-electron chi connectivity index (χ1n) is 8.40. The predicted octanol–water partition coefficient (Wildman–Crippen LogP) is 2.83. The highest BCUT2D eigenvalue weighted by molar-refractivity contribution is 6.26. The van der Waals surface area contributed by atoms with E-state index >= 15 is 0 Å². The van der Waals surface area contributed by atoms with Crippen LogP contribution in [0.25, 0.3) is 10.8 Å². The van der Waals surface area contributed by atoms with Gasteiger partial charge in [0.25, 0.3) is 11.8 Å². The molecule has 0 saturated heterocycles. The summed E-state index contributed by atoms with van der Waals surface area (Å²) < 4.78 is 5.18. The molecule has 132 valence electrons. The van der Waals surface area contributed by atoms with Crippen LogP contribution in [-0.4, -0.2) is 44.1 Å². The molecule has 0 fully saturated rings. The van der Waals surface area contributed by atoms with Crippen LogP contribution in [0, 0.1) is 5.41 Å². The van der Waals surface area contributed by atoms with Crippen molar-refractivity contribution in [1.82, 2.24) is 10.2 Å². The molecule has 5 nitrogen and oxygen atoms in total. The van der Waals surface area contributed by atoms with Crippen molar-refractivity contribution in [2.45, 2.75) is 20.3 Å². The summed E-state index contributed by atoms with van der Waals surface area (Å²) in [7, 11) is 3.69. The standard InChI is InChI=1S/C20H24N2O3/c1-20(2,11-22(3)12-25-4)10-14-9-8-13-6-5-7-15-16(13)17(14)19(24)21-18(15)23/h5-9H,10-12H2,1-4H3,(H,21,23,24). The Morgan fingerprint density at radius 3 is 2.60 bits per heavy atom. The van der Waals surface area contributed by atoms with Gasteiger partial charge in [0, 0.05) is 24.6 Å². The molecular weight excluding hydrogens is 316 g/mol. The fourth-order valence-electron chi connectivity index (χ4n) is 3.82. The molecule has 1 heterocycles. The first-order valence-corrected chi connectivity index (χ1v) is 8.40. The fraction of sp³-hybridized carbons (Fsp3) is 0.400. The maximum absolute atomic E-state index is 12.6. The third-order valence-corrected chi connectivity index (χ3v) is 4.55. The van der Waals surface area contributed by atoms with Crippen LogP contribution in [-0.2, 0) is 11.2 Å². The van der Waals surface area contributed by atoms with Crippen molar-refractivity contribution in [3.05, 3.63) is 47.0 Å². The normalized spacial score (nSPS) is 14.3. The molecule has 0 atom stereocenters. The van der Waals surface area contributed by atoms with Crippen LogP contribution in [0.1, 0.15) is 40.1 Å². The monoisotopic (exact) mass is 340 g/mol. The molecule has 3 rings (SSSR count). The molecule has 2 aromatic rings. The predicted molar refractivity (Wildman–Crippen MR) is 97.7 cm³/mol. The number of hydrogen-bond donors (Lipinski definition) is 1. The van der Waals surface area contributed by atoms with E-state index in [9.17, 15) is 9.59 Å². The summed E-state index contributed by atoms with van der Waals surface area (Å²) in [6, 6.07) is 9.57. The maximum atomic E-state index is 12.6. The molecule has 1 aliphatic heterocycles. The van der Waals surface area contributed by atoms with Gasteiger partial charge in [-0.1, -0.05) is 38.1 Å². The molecule has 2 amide bonds. The van der Waals surface area contributed by atoms with E-state index in [1.165, 1.54) is 0 Å². The van der Waals surface area contributed by atoms with Gasteiger partial charge in [-0.15, -0.1) is 0 Å². The summed E-state index contributed by atoms with van der Waals surface area (Å²) in [4.78, 5) is 26.8. The van der Waals surface area contributed by atoms with Crippen LogP contribution >= 0.6 is 0 Å². The molecule has 0 saturated carbocycles. The van der Waals surface area contributed by atoms with E-state index in [4.69, 9.17) is 4.74 Å². The molecule has 0 aliphatic carbocycles. The highest BCUT2D eigenvalue weighted by atomic mass is 16.5. The second-order valence-electron chi connectivity index (χ2n) is 7.56. The van der Waals surface area contributed by atoms with Gasteiger partial charge in [0.15, 0.2) is 0 Å². The number of carbonyl (C=O) groups excluding carboxylic acids is 2. The quantitative estimate of drug-likeness (QED) is 0.649. The zero-order valence-electron chi connectivity index (χ0n) is 15.2. The minimum atomic E-state index is -0.320. The van der Waals surface area contributed by atoms with Crippen LogP contribution in [0.5, 0.6) is 0 Å². The summed E-state index contributed by atoms with van der Waals surface area (Å²) >= 11 is 0. The lowest BCUT2D eigenvalue weighted by atomic mass is 9.81. The Hall–Kier alpha value is -2.24. The number of nitrogens with one attached hydrogen (secondary N) is 1. The number of nitrogens with zero attached hydrogens (tertiary/aromatic N) is 1. The van der Waals surface area contributed by atoms with E-state index in [1.54, 1.807) is 13.2 Å². The van der Waals surface area contributed by atoms with Crippen LogP contribution in [0.4, 0.5) is 0 Å². The van der Waals surface area contributed by atoms with E-state index < -0.39 is 0 Å². The zero-order chi connectivity index (χ0) is 18.2. The lowest BCUT2D eigenvalue weighted by molar-refractivity contribution is 0.0567. The van der Waals surface area contributed by atoms with Gasteiger partial charge in [-0.3, -0.25) is 19.8 Å². The summed E-state index contributed by atoms with van der Waals surface area (Å²) in [5, 5.41) is 4.17. The summed E-state index contributed by atoms with van der Waals surface area (Å²) in [6.45, 7) is 5.75. The average molecular weight is 340 g/mol. The van der Waals surface area contributed by atoms with Crippen LogP contribution in [0.15, 0.2) is 30.3 Å². The van der Waals surface area contributed by atoms with Gasteiger partial charge >= 0.3 is 0 Å². The largest absolute Gasteiger partial charge is 0.369 e. The van der Waals surface area contributed by atoms with Crippen molar-refractivity contribution >= 4 is 22.6 Å². The lowest BCUT2D eigenvalue weighted by Crippen LogP contribution is -2.37. The van der Waals surface area contributed by atoms with Gasteiger partial charge < -0.3 is 4.74 Å². The number of benzene rings is 2. The third kappa shape index (κ3) is 3.43. The highest BCUT2D eigenvalue weighted by Crippen LogP contribution is 2.33. The Morgan fingerprint density at radius 2 is 1.88 bits per heavy atom. The Morgan fingerprint density at radius 1 is 1.12 bits per heavy atom. The van der Waals surface area contributed by atoms with Gasteiger partial charge in [-0.25, -0.2) is 0 Å². The van der Waals surface area contributed by atoms with Crippen LogP contribution in [0.3, 0.4) is 0 Å². The van der Waals surface area contributed by atoms with Gasteiger partial charge in [0.2, 0.25) is 0 Å².